The Morgan fingerprint density at radius 1 is 0.895 bits per heavy atom. The summed E-state index contributed by atoms with van der Waals surface area (Å²) in [5, 5.41) is 0. The second kappa shape index (κ2) is 4.52. The quantitative estimate of drug-likeness (QED) is 0.621. The average Bonchev–Trinajstić information content (AvgIpc) is 2.72. The summed E-state index contributed by atoms with van der Waals surface area (Å²) in [6, 6.07) is 14.0. The third-order valence-electron chi connectivity index (χ3n) is 3.12. The number of nitrogens with zero attached hydrogens (tertiary/aromatic N) is 1. The Labute approximate surface area is 115 Å². The van der Waals surface area contributed by atoms with Crippen LogP contribution in [0, 0.1) is 0 Å². The molecule has 0 N–H and O–H groups in total. The number of hydrogen-bond donors (Lipinski definition) is 0. The highest BCUT2D eigenvalue weighted by atomic mass is 35.5. The molecular weight excluding hydrogens is 262 g/mol. The summed E-state index contributed by atoms with van der Waals surface area (Å²) in [5.41, 5.74) is 2.33. The zero-order chi connectivity index (χ0) is 13.4. The number of anilines is 1. The molecule has 0 bridgehead atoms. The van der Waals surface area contributed by atoms with Crippen molar-refractivity contribution in [2.75, 3.05) is 4.90 Å². The number of amides is 2. The van der Waals surface area contributed by atoms with E-state index < -0.39 is 0 Å². The number of rotatable bonds is 2. The van der Waals surface area contributed by atoms with Crippen LogP contribution in [0.1, 0.15) is 26.3 Å². The summed E-state index contributed by atoms with van der Waals surface area (Å²) in [6.07, 6.45) is 0. The smallest absolute Gasteiger partial charge is 0.266 e. The van der Waals surface area contributed by atoms with E-state index in [9.17, 15) is 9.59 Å². The normalized spacial score (nSPS) is 13.8. The molecule has 1 aliphatic rings. The van der Waals surface area contributed by atoms with Gasteiger partial charge in [0.05, 0.1) is 16.8 Å². The number of benzene rings is 2. The number of imide groups is 1. The van der Waals surface area contributed by atoms with E-state index in [0.717, 1.165) is 5.56 Å². The van der Waals surface area contributed by atoms with Gasteiger partial charge in [-0.1, -0.05) is 24.3 Å². The molecule has 0 aromatic heterocycles. The van der Waals surface area contributed by atoms with Crippen LogP contribution in [-0.2, 0) is 5.88 Å². The Balaban J connectivity index is 2.08. The molecule has 0 saturated heterocycles. The standard InChI is InChI=1S/C15H10ClNO2/c16-9-10-4-3-5-11(8-10)17-14(18)12-6-1-2-7-13(12)15(17)19/h1-8H,9H2. The topological polar surface area (TPSA) is 37.4 Å². The van der Waals surface area contributed by atoms with Crippen LogP contribution in [0.3, 0.4) is 0 Å². The first kappa shape index (κ1) is 11.9. The second-order valence-electron chi connectivity index (χ2n) is 4.29. The predicted octanol–water partition coefficient (Wildman–Crippen LogP) is 3.23. The van der Waals surface area contributed by atoms with Crippen LogP contribution in [-0.4, -0.2) is 11.8 Å². The first-order valence-electron chi connectivity index (χ1n) is 5.85. The summed E-state index contributed by atoms with van der Waals surface area (Å²) in [4.78, 5) is 25.8. The Bertz CT molecular complexity index is 646. The third-order valence-corrected chi connectivity index (χ3v) is 3.43. The van der Waals surface area contributed by atoms with Crippen LogP contribution in [0.4, 0.5) is 5.69 Å². The number of halogens is 1. The summed E-state index contributed by atoms with van der Waals surface area (Å²) in [5.74, 6) is -0.226. The first-order valence-corrected chi connectivity index (χ1v) is 6.38. The zero-order valence-electron chi connectivity index (χ0n) is 9.97. The fourth-order valence-corrected chi connectivity index (χ4v) is 2.37. The average molecular weight is 272 g/mol. The van der Waals surface area contributed by atoms with Gasteiger partial charge >= 0.3 is 0 Å². The van der Waals surface area contributed by atoms with Crippen molar-refractivity contribution in [3.63, 3.8) is 0 Å². The Morgan fingerprint density at radius 3 is 2.11 bits per heavy atom. The van der Waals surface area contributed by atoms with Gasteiger partial charge in [0.25, 0.3) is 11.8 Å². The number of alkyl halides is 1. The predicted molar refractivity (Wildman–Crippen MR) is 73.6 cm³/mol. The maximum atomic E-state index is 12.3. The lowest BCUT2D eigenvalue weighted by Gasteiger charge is -2.14. The van der Waals surface area contributed by atoms with Crippen LogP contribution in [0.25, 0.3) is 0 Å². The van der Waals surface area contributed by atoms with Crippen molar-refractivity contribution >= 4 is 29.1 Å². The molecule has 3 rings (SSSR count). The lowest BCUT2D eigenvalue weighted by molar-refractivity contribution is 0.0926. The van der Waals surface area contributed by atoms with Crippen molar-refractivity contribution in [2.24, 2.45) is 0 Å². The maximum absolute atomic E-state index is 12.3. The van der Waals surface area contributed by atoms with Gasteiger partial charge < -0.3 is 0 Å². The van der Waals surface area contributed by atoms with Crippen molar-refractivity contribution < 1.29 is 9.59 Å². The van der Waals surface area contributed by atoms with E-state index >= 15 is 0 Å². The van der Waals surface area contributed by atoms with Crippen LogP contribution in [0.15, 0.2) is 48.5 Å². The van der Waals surface area contributed by atoms with Crippen LogP contribution < -0.4 is 4.90 Å². The molecule has 0 aliphatic carbocycles. The summed E-state index contributed by atoms with van der Waals surface area (Å²) >= 11 is 5.78. The molecule has 0 radical (unpaired) electrons. The number of hydrogen-bond acceptors (Lipinski definition) is 2. The first-order chi connectivity index (χ1) is 9.22. The minimum atomic E-state index is -0.285. The highest BCUT2D eigenvalue weighted by Crippen LogP contribution is 2.28. The molecule has 3 nitrogen and oxygen atoms in total. The summed E-state index contributed by atoms with van der Waals surface area (Å²) < 4.78 is 0. The van der Waals surface area contributed by atoms with Crippen LogP contribution in [0.2, 0.25) is 0 Å². The molecule has 19 heavy (non-hydrogen) atoms. The number of fused-ring (bicyclic) bond motifs is 1. The second-order valence-corrected chi connectivity index (χ2v) is 4.56. The van der Waals surface area contributed by atoms with Crippen molar-refractivity contribution in [3.8, 4) is 0 Å². The van der Waals surface area contributed by atoms with Crippen LogP contribution >= 0.6 is 11.6 Å². The van der Waals surface area contributed by atoms with E-state index in [4.69, 9.17) is 11.6 Å². The minimum Gasteiger partial charge on any atom is -0.268 e. The molecule has 0 fully saturated rings. The van der Waals surface area contributed by atoms with Crippen LogP contribution in [0.5, 0.6) is 0 Å². The van der Waals surface area contributed by atoms with Crippen molar-refractivity contribution in [1.82, 2.24) is 0 Å². The molecule has 2 aromatic rings. The molecule has 1 aliphatic heterocycles. The molecule has 0 spiro atoms. The third kappa shape index (κ3) is 1.83. The Morgan fingerprint density at radius 2 is 1.53 bits per heavy atom. The van der Waals surface area contributed by atoms with E-state index in [1.54, 1.807) is 42.5 Å². The molecule has 94 valence electrons. The molecule has 0 atom stereocenters. The Kier molecular flexibility index (Phi) is 2.84. The van der Waals surface area contributed by atoms with Crippen molar-refractivity contribution in [2.45, 2.75) is 5.88 Å². The number of carbonyl (C=O) groups is 2. The van der Waals surface area contributed by atoms with Crippen molar-refractivity contribution in [3.05, 3.63) is 65.2 Å². The van der Waals surface area contributed by atoms with E-state index in [2.05, 4.69) is 0 Å². The van der Waals surface area contributed by atoms with E-state index in [-0.39, 0.29) is 11.8 Å². The molecule has 0 saturated carbocycles. The van der Waals surface area contributed by atoms with Gasteiger partial charge in [-0.05, 0) is 29.8 Å². The summed E-state index contributed by atoms with van der Waals surface area (Å²) in [7, 11) is 0. The summed E-state index contributed by atoms with van der Waals surface area (Å²) in [6.45, 7) is 0. The van der Waals surface area contributed by atoms with Gasteiger partial charge in [-0.3, -0.25) is 9.59 Å². The van der Waals surface area contributed by atoms with Gasteiger partial charge in [-0.2, -0.15) is 0 Å². The van der Waals surface area contributed by atoms with Gasteiger partial charge in [0, 0.05) is 5.88 Å². The molecule has 0 unspecified atom stereocenters. The monoisotopic (exact) mass is 271 g/mol. The van der Waals surface area contributed by atoms with Gasteiger partial charge in [0.2, 0.25) is 0 Å². The van der Waals surface area contributed by atoms with Gasteiger partial charge in [0.1, 0.15) is 0 Å². The molecule has 2 amide bonds. The minimum absolute atomic E-state index is 0.285. The van der Waals surface area contributed by atoms with Gasteiger partial charge in [-0.15, -0.1) is 11.6 Å². The lowest BCUT2D eigenvalue weighted by atomic mass is 10.1. The van der Waals surface area contributed by atoms with E-state index in [1.165, 1.54) is 4.90 Å². The number of carbonyl (C=O) groups excluding carboxylic acids is 2. The largest absolute Gasteiger partial charge is 0.268 e. The SMILES string of the molecule is O=C1c2ccccc2C(=O)N1c1cccc(CCl)c1. The molecular formula is C15H10ClNO2. The fraction of sp³-hybridized carbons (Fsp3) is 0.0667. The van der Waals surface area contributed by atoms with E-state index in [0.29, 0.717) is 22.7 Å². The molecule has 1 heterocycles. The van der Waals surface area contributed by atoms with Gasteiger partial charge in [-0.25, -0.2) is 4.90 Å². The Hall–Kier alpha value is -2.13. The zero-order valence-corrected chi connectivity index (χ0v) is 10.7. The van der Waals surface area contributed by atoms with E-state index in [1.807, 2.05) is 6.07 Å². The van der Waals surface area contributed by atoms with Gasteiger partial charge in [0.15, 0.2) is 0 Å². The highest BCUT2D eigenvalue weighted by Gasteiger charge is 2.36. The lowest BCUT2D eigenvalue weighted by Crippen LogP contribution is -2.29. The maximum Gasteiger partial charge on any atom is 0.266 e. The fourth-order valence-electron chi connectivity index (χ4n) is 2.20. The molecule has 2 aromatic carbocycles. The highest BCUT2D eigenvalue weighted by molar-refractivity contribution is 6.34. The molecule has 4 heteroatoms. The van der Waals surface area contributed by atoms with Crippen molar-refractivity contribution in [1.29, 1.82) is 0 Å².